The number of nitrogen functional groups attached to an aromatic ring is 1. The second-order valence-electron chi connectivity index (χ2n) is 10.5. The number of nitrogens with zero attached hydrogens (tertiary/aromatic N) is 5. The van der Waals surface area contributed by atoms with Crippen molar-refractivity contribution in [2.75, 3.05) is 12.3 Å². The standard InChI is InChI=1S/C32H43N7O.ClH/c1-2-3-6-11-27-16-18-28(19-17-27)31(40)34-21-23-39-25-30(36-37-39)15-10-5-9-14-29-24-38(32(33)35-29)22-20-26-12-7-4-8-13-26;/h4,7-8,12-13,16-19,24-25H,2-3,5-6,9-11,14-15,20-23H2,1H3,(H2,33,35)(H,34,40);1H. The molecule has 0 aliphatic heterocycles. The fraction of sp³-hybridized carbons (Fsp3) is 0.438. The Morgan fingerprint density at radius 3 is 2.27 bits per heavy atom. The number of hydrogen-bond acceptors (Lipinski definition) is 5. The predicted molar refractivity (Wildman–Crippen MR) is 167 cm³/mol. The highest BCUT2D eigenvalue weighted by Gasteiger charge is 2.08. The van der Waals surface area contributed by atoms with Crippen LogP contribution in [0.15, 0.2) is 67.0 Å². The van der Waals surface area contributed by atoms with E-state index in [2.05, 4.69) is 70.1 Å². The van der Waals surface area contributed by atoms with E-state index in [1.807, 2.05) is 29.0 Å². The normalized spacial score (nSPS) is 10.9. The molecule has 41 heavy (non-hydrogen) atoms. The van der Waals surface area contributed by atoms with Gasteiger partial charge in [0.25, 0.3) is 5.91 Å². The highest BCUT2D eigenvalue weighted by atomic mass is 35.5. The molecular formula is C32H44ClN7O. The number of carbonyl (C=O) groups excluding carboxylic acids is 1. The number of aryl methyl sites for hydroxylation is 5. The molecule has 3 N–H and O–H groups in total. The maximum absolute atomic E-state index is 12.5. The number of halogens is 1. The number of nitrogens with two attached hydrogens (primary N) is 1. The minimum Gasteiger partial charge on any atom is -0.369 e. The molecule has 0 saturated heterocycles. The first-order chi connectivity index (χ1) is 19.6. The van der Waals surface area contributed by atoms with E-state index < -0.39 is 0 Å². The molecule has 0 unspecified atom stereocenters. The molecule has 0 atom stereocenters. The van der Waals surface area contributed by atoms with Crippen LogP contribution in [0.4, 0.5) is 5.95 Å². The summed E-state index contributed by atoms with van der Waals surface area (Å²) in [6.45, 7) is 4.16. The Kier molecular flexibility index (Phi) is 13.4. The first-order valence-corrected chi connectivity index (χ1v) is 14.7. The van der Waals surface area contributed by atoms with Gasteiger partial charge in [0.05, 0.1) is 17.9 Å². The number of benzene rings is 2. The summed E-state index contributed by atoms with van der Waals surface area (Å²) >= 11 is 0. The van der Waals surface area contributed by atoms with Gasteiger partial charge in [-0.1, -0.05) is 73.9 Å². The van der Waals surface area contributed by atoms with Crippen LogP contribution in [0.1, 0.15) is 78.3 Å². The van der Waals surface area contributed by atoms with Crippen molar-refractivity contribution in [2.45, 2.75) is 84.2 Å². The molecule has 1 amide bonds. The second-order valence-corrected chi connectivity index (χ2v) is 10.5. The fourth-order valence-electron chi connectivity index (χ4n) is 4.82. The molecule has 2 aromatic carbocycles. The Balaban J connectivity index is 0.00000462. The van der Waals surface area contributed by atoms with Crippen LogP contribution in [0, 0.1) is 0 Å². The number of rotatable bonds is 17. The van der Waals surface area contributed by atoms with Gasteiger partial charge in [-0.2, -0.15) is 0 Å². The van der Waals surface area contributed by atoms with Gasteiger partial charge >= 0.3 is 0 Å². The van der Waals surface area contributed by atoms with Crippen LogP contribution in [0.3, 0.4) is 0 Å². The topological polar surface area (TPSA) is 104 Å². The van der Waals surface area contributed by atoms with Gasteiger partial charge in [-0.3, -0.25) is 9.48 Å². The molecular weight excluding hydrogens is 534 g/mol. The Hall–Kier alpha value is -3.65. The van der Waals surface area contributed by atoms with E-state index in [4.69, 9.17) is 5.73 Å². The van der Waals surface area contributed by atoms with Crippen molar-refractivity contribution in [3.05, 3.63) is 95.1 Å². The number of hydrogen-bond donors (Lipinski definition) is 2. The monoisotopic (exact) mass is 577 g/mol. The molecule has 4 rings (SSSR count). The van der Waals surface area contributed by atoms with Gasteiger partial charge < -0.3 is 15.6 Å². The molecule has 9 heteroatoms. The number of anilines is 1. The van der Waals surface area contributed by atoms with Crippen molar-refractivity contribution < 1.29 is 4.79 Å². The van der Waals surface area contributed by atoms with Gasteiger partial charge in [-0.25, -0.2) is 4.98 Å². The summed E-state index contributed by atoms with van der Waals surface area (Å²) in [6.07, 6.45) is 14.8. The van der Waals surface area contributed by atoms with E-state index in [-0.39, 0.29) is 18.3 Å². The van der Waals surface area contributed by atoms with Crippen molar-refractivity contribution in [1.82, 2.24) is 29.9 Å². The van der Waals surface area contributed by atoms with Crippen molar-refractivity contribution in [3.63, 3.8) is 0 Å². The lowest BCUT2D eigenvalue weighted by Gasteiger charge is -2.06. The lowest BCUT2D eigenvalue weighted by atomic mass is 10.1. The van der Waals surface area contributed by atoms with Crippen LogP contribution in [-0.4, -0.2) is 37.0 Å². The molecule has 0 fully saturated rings. The average Bonchev–Trinajstić information content (AvgIpc) is 3.58. The molecule has 4 aromatic rings. The molecule has 0 aliphatic rings. The number of carbonyl (C=O) groups is 1. The predicted octanol–water partition coefficient (Wildman–Crippen LogP) is 5.84. The summed E-state index contributed by atoms with van der Waals surface area (Å²) in [5.74, 6) is 0.540. The van der Waals surface area contributed by atoms with Crippen LogP contribution in [0.25, 0.3) is 0 Å². The first-order valence-electron chi connectivity index (χ1n) is 14.7. The first kappa shape index (κ1) is 31.9. The minimum atomic E-state index is -0.0526. The van der Waals surface area contributed by atoms with E-state index in [0.717, 1.165) is 62.9 Å². The summed E-state index contributed by atoms with van der Waals surface area (Å²) in [7, 11) is 0. The van der Waals surface area contributed by atoms with Crippen LogP contribution >= 0.6 is 12.4 Å². The van der Waals surface area contributed by atoms with E-state index in [1.54, 1.807) is 4.68 Å². The number of aromatic nitrogens is 5. The maximum Gasteiger partial charge on any atom is 0.251 e. The van der Waals surface area contributed by atoms with Crippen molar-refractivity contribution in [2.24, 2.45) is 0 Å². The molecule has 2 heterocycles. The van der Waals surface area contributed by atoms with Crippen molar-refractivity contribution >= 4 is 24.3 Å². The number of nitrogens with one attached hydrogen (secondary N) is 1. The van der Waals surface area contributed by atoms with Gasteiger partial charge in [0, 0.05) is 31.0 Å². The molecule has 2 aromatic heterocycles. The number of amides is 1. The summed E-state index contributed by atoms with van der Waals surface area (Å²) in [6, 6.07) is 18.4. The zero-order valence-corrected chi connectivity index (χ0v) is 25.0. The quantitative estimate of drug-likeness (QED) is 0.153. The Morgan fingerprint density at radius 1 is 0.805 bits per heavy atom. The van der Waals surface area contributed by atoms with E-state index in [1.165, 1.54) is 30.4 Å². The second kappa shape index (κ2) is 17.2. The van der Waals surface area contributed by atoms with Gasteiger partial charge in [-0.15, -0.1) is 17.5 Å². The van der Waals surface area contributed by atoms with Gasteiger partial charge in [0.15, 0.2) is 5.95 Å². The smallest absolute Gasteiger partial charge is 0.251 e. The van der Waals surface area contributed by atoms with Crippen LogP contribution in [-0.2, 0) is 38.8 Å². The van der Waals surface area contributed by atoms with Crippen LogP contribution in [0.2, 0.25) is 0 Å². The zero-order chi connectivity index (χ0) is 28.0. The summed E-state index contributed by atoms with van der Waals surface area (Å²) in [4.78, 5) is 17.0. The Bertz CT molecular complexity index is 1300. The van der Waals surface area contributed by atoms with Gasteiger partial charge in [-0.05, 0) is 68.2 Å². The van der Waals surface area contributed by atoms with E-state index in [9.17, 15) is 4.79 Å². The molecule has 0 spiro atoms. The van der Waals surface area contributed by atoms with Crippen LogP contribution in [0.5, 0.6) is 0 Å². The number of imidazole rings is 1. The van der Waals surface area contributed by atoms with Gasteiger partial charge in [0.2, 0.25) is 0 Å². The molecule has 220 valence electrons. The number of unbranched alkanes of at least 4 members (excludes halogenated alkanes) is 4. The minimum absolute atomic E-state index is 0. The summed E-state index contributed by atoms with van der Waals surface area (Å²) in [5, 5.41) is 11.5. The largest absolute Gasteiger partial charge is 0.369 e. The van der Waals surface area contributed by atoms with E-state index >= 15 is 0 Å². The fourth-order valence-corrected chi connectivity index (χ4v) is 4.82. The van der Waals surface area contributed by atoms with Gasteiger partial charge in [0.1, 0.15) is 0 Å². The maximum atomic E-state index is 12.5. The molecule has 0 aliphatic carbocycles. The summed E-state index contributed by atoms with van der Waals surface area (Å²) < 4.78 is 3.85. The SMILES string of the molecule is CCCCCc1ccc(C(=O)NCCn2cc(CCCCCc3cn(CCc4ccccc4)c(N)n3)nn2)cc1.Cl. The summed E-state index contributed by atoms with van der Waals surface area (Å²) in [5.41, 5.74) is 11.5. The molecule has 8 nitrogen and oxygen atoms in total. The highest BCUT2D eigenvalue weighted by Crippen LogP contribution is 2.13. The third-order valence-corrected chi connectivity index (χ3v) is 7.21. The molecule has 0 radical (unpaired) electrons. The lowest BCUT2D eigenvalue weighted by Crippen LogP contribution is -2.27. The third-order valence-electron chi connectivity index (χ3n) is 7.21. The lowest BCUT2D eigenvalue weighted by molar-refractivity contribution is 0.0952. The average molecular weight is 578 g/mol. The van der Waals surface area contributed by atoms with Crippen LogP contribution < -0.4 is 11.1 Å². The zero-order valence-electron chi connectivity index (χ0n) is 24.2. The third kappa shape index (κ3) is 10.7. The highest BCUT2D eigenvalue weighted by molar-refractivity contribution is 5.94. The van der Waals surface area contributed by atoms with Crippen molar-refractivity contribution in [3.8, 4) is 0 Å². The van der Waals surface area contributed by atoms with Crippen molar-refractivity contribution in [1.29, 1.82) is 0 Å². The molecule has 0 bridgehead atoms. The Morgan fingerprint density at radius 2 is 1.51 bits per heavy atom. The Labute approximate surface area is 250 Å². The van der Waals surface area contributed by atoms with E-state index in [0.29, 0.717) is 24.6 Å². The molecule has 0 saturated carbocycles.